The van der Waals surface area contributed by atoms with Crippen LogP contribution in [0.15, 0.2) is 0 Å². The molecule has 0 aliphatic heterocycles. The first-order valence-electron chi connectivity index (χ1n) is 4.93. The molecule has 1 fully saturated rings. The second-order valence-electron chi connectivity index (χ2n) is 4.90. The summed E-state index contributed by atoms with van der Waals surface area (Å²) >= 11 is 0. The van der Waals surface area contributed by atoms with Gasteiger partial charge in [-0.15, -0.1) is 12.3 Å². The van der Waals surface area contributed by atoms with Crippen LogP contribution in [-0.2, 0) is 14.3 Å². The predicted molar refractivity (Wildman–Crippen MR) is 55.9 cm³/mol. The topological polar surface area (TPSA) is 43.4 Å². The van der Waals surface area contributed by atoms with Crippen molar-refractivity contribution < 1.29 is 14.3 Å². The molecule has 0 aromatic rings. The van der Waals surface area contributed by atoms with Crippen molar-refractivity contribution in [1.29, 1.82) is 0 Å². The van der Waals surface area contributed by atoms with E-state index in [-0.39, 0.29) is 17.6 Å². The maximum Gasteiger partial charge on any atom is 0.320 e. The van der Waals surface area contributed by atoms with Gasteiger partial charge in [-0.25, -0.2) is 0 Å². The lowest BCUT2D eigenvalue weighted by molar-refractivity contribution is -0.156. The van der Waals surface area contributed by atoms with E-state index >= 15 is 0 Å². The number of hydrogen-bond donors (Lipinski definition) is 0. The lowest BCUT2D eigenvalue weighted by atomic mass is 9.79. The largest absolute Gasteiger partial charge is 0.468 e. The van der Waals surface area contributed by atoms with Gasteiger partial charge in [0.15, 0.2) is 5.78 Å². The molecule has 1 unspecified atom stereocenters. The van der Waals surface area contributed by atoms with Gasteiger partial charge in [0.05, 0.1) is 7.11 Å². The van der Waals surface area contributed by atoms with E-state index in [4.69, 9.17) is 11.2 Å². The van der Waals surface area contributed by atoms with Crippen molar-refractivity contribution >= 4 is 11.8 Å². The quantitative estimate of drug-likeness (QED) is 0.393. The number of rotatable bonds is 2. The molecule has 0 radical (unpaired) electrons. The zero-order valence-electron chi connectivity index (χ0n) is 9.42. The molecular formula is C12H16O3. The summed E-state index contributed by atoms with van der Waals surface area (Å²) in [6.45, 7) is 3.93. The Morgan fingerprint density at radius 3 is 2.53 bits per heavy atom. The van der Waals surface area contributed by atoms with Crippen LogP contribution in [-0.4, -0.2) is 18.9 Å². The van der Waals surface area contributed by atoms with E-state index in [1.165, 1.54) is 7.11 Å². The Balaban J connectivity index is 3.09. The summed E-state index contributed by atoms with van der Waals surface area (Å²) in [6, 6.07) is 0. The third kappa shape index (κ3) is 1.90. The van der Waals surface area contributed by atoms with Gasteiger partial charge in [-0.1, -0.05) is 13.8 Å². The van der Waals surface area contributed by atoms with Crippen LogP contribution in [0.2, 0.25) is 0 Å². The summed E-state index contributed by atoms with van der Waals surface area (Å²) in [5, 5.41) is 0. The van der Waals surface area contributed by atoms with E-state index in [2.05, 4.69) is 5.92 Å². The van der Waals surface area contributed by atoms with Crippen molar-refractivity contribution in [3.8, 4) is 12.3 Å². The third-order valence-electron chi connectivity index (χ3n) is 2.93. The molecule has 0 amide bonds. The number of carbonyl (C=O) groups excluding carboxylic acids is 2. The van der Waals surface area contributed by atoms with Gasteiger partial charge in [0.25, 0.3) is 0 Å². The molecule has 82 valence electrons. The lowest BCUT2D eigenvalue weighted by Gasteiger charge is -2.24. The molecule has 1 rings (SSSR count). The summed E-state index contributed by atoms with van der Waals surface area (Å²) in [6.07, 6.45) is 6.24. The standard InChI is InChI=1S/C12H16O3/c1-5-6-12(10(14)15-4)8-11(2,3)7-9(12)13/h1H,6-8H2,2-4H3. The smallest absolute Gasteiger partial charge is 0.320 e. The number of Topliss-reactive ketones (excluding diaryl/α,β-unsaturated/α-hetero) is 1. The van der Waals surface area contributed by atoms with Crippen LogP contribution < -0.4 is 0 Å². The van der Waals surface area contributed by atoms with Crippen molar-refractivity contribution in [1.82, 2.24) is 0 Å². The average molecular weight is 208 g/mol. The molecule has 0 aromatic heterocycles. The Morgan fingerprint density at radius 1 is 1.60 bits per heavy atom. The normalized spacial score (nSPS) is 28.5. The highest BCUT2D eigenvalue weighted by molar-refractivity contribution is 6.06. The van der Waals surface area contributed by atoms with Crippen molar-refractivity contribution in [3.63, 3.8) is 0 Å². The minimum atomic E-state index is -1.09. The van der Waals surface area contributed by atoms with E-state index in [1.807, 2.05) is 13.8 Å². The Labute approximate surface area is 90.2 Å². The first-order chi connectivity index (χ1) is 6.88. The highest BCUT2D eigenvalue weighted by Crippen LogP contribution is 2.49. The number of esters is 1. The number of hydrogen-bond acceptors (Lipinski definition) is 3. The molecule has 1 atom stereocenters. The number of ether oxygens (including phenoxy) is 1. The number of methoxy groups -OCH3 is 1. The van der Waals surface area contributed by atoms with Gasteiger partial charge in [0, 0.05) is 12.8 Å². The third-order valence-corrected chi connectivity index (χ3v) is 2.93. The fourth-order valence-electron chi connectivity index (χ4n) is 2.37. The molecule has 3 nitrogen and oxygen atoms in total. The summed E-state index contributed by atoms with van der Waals surface area (Å²) < 4.78 is 4.70. The molecule has 1 saturated carbocycles. The SMILES string of the molecule is C#CCC1(C(=O)OC)CC(C)(C)CC1=O. The van der Waals surface area contributed by atoms with Crippen LogP contribution >= 0.6 is 0 Å². The molecule has 0 aromatic carbocycles. The Kier molecular flexibility index (Phi) is 2.90. The maximum absolute atomic E-state index is 11.9. The van der Waals surface area contributed by atoms with Gasteiger partial charge < -0.3 is 4.74 Å². The van der Waals surface area contributed by atoms with Crippen LogP contribution in [0.5, 0.6) is 0 Å². The zero-order chi connectivity index (χ0) is 11.7. The molecule has 1 aliphatic carbocycles. The van der Waals surface area contributed by atoms with E-state index < -0.39 is 11.4 Å². The molecule has 0 spiro atoms. The van der Waals surface area contributed by atoms with Gasteiger partial charge in [-0.3, -0.25) is 9.59 Å². The molecule has 3 heteroatoms. The zero-order valence-corrected chi connectivity index (χ0v) is 9.42. The summed E-state index contributed by atoms with van der Waals surface area (Å²) in [4.78, 5) is 23.6. The van der Waals surface area contributed by atoms with Crippen LogP contribution in [0.25, 0.3) is 0 Å². The van der Waals surface area contributed by atoms with Crippen LogP contribution in [0.4, 0.5) is 0 Å². The Bertz CT molecular complexity index is 335. The second-order valence-corrected chi connectivity index (χ2v) is 4.90. The van der Waals surface area contributed by atoms with Gasteiger partial charge in [0.1, 0.15) is 5.41 Å². The van der Waals surface area contributed by atoms with Crippen molar-refractivity contribution in [2.24, 2.45) is 10.8 Å². The first-order valence-corrected chi connectivity index (χ1v) is 4.93. The first kappa shape index (κ1) is 11.8. The maximum atomic E-state index is 11.9. The summed E-state index contributed by atoms with van der Waals surface area (Å²) in [5.41, 5.74) is -1.25. The van der Waals surface area contributed by atoms with Gasteiger partial charge in [-0.05, 0) is 11.8 Å². The highest BCUT2D eigenvalue weighted by atomic mass is 16.5. The number of ketones is 1. The second kappa shape index (κ2) is 3.69. The number of terminal acetylenes is 1. The minimum absolute atomic E-state index is 0.0858. The summed E-state index contributed by atoms with van der Waals surface area (Å²) in [7, 11) is 1.29. The molecule has 0 N–H and O–H groups in total. The molecule has 0 saturated heterocycles. The molecule has 0 bridgehead atoms. The Morgan fingerprint density at radius 2 is 2.20 bits per heavy atom. The fraction of sp³-hybridized carbons (Fsp3) is 0.667. The van der Waals surface area contributed by atoms with Crippen LogP contribution in [0.3, 0.4) is 0 Å². The van der Waals surface area contributed by atoms with Crippen LogP contribution in [0, 0.1) is 23.2 Å². The van der Waals surface area contributed by atoms with Crippen molar-refractivity contribution in [2.45, 2.75) is 33.1 Å². The molecular weight excluding hydrogens is 192 g/mol. The van der Waals surface area contributed by atoms with Gasteiger partial charge in [-0.2, -0.15) is 0 Å². The monoisotopic (exact) mass is 208 g/mol. The fourth-order valence-corrected chi connectivity index (χ4v) is 2.37. The van der Waals surface area contributed by atoms with Crippen molar-refractivity contribution in [3.05, 3.63) is 0 Å². The molecule has 15 heavy (non-hydrogen) atoms. The Hall–Kier alpha value is -1.30. The highest BCUT2D eigenvalue weighted by Gasteiger charge is 2.55. The molecule has 0 heterocycles. The molecule has 1 aliphatic rings. The van der Waals surface area contributed by atoms with Gasteiger partial charge >= 0.3 is 5.97 Å². The van der Waals surface area contributed by atoms with E-state index in [1.54, 1.807) is 0 Å². The minimum Gasteiger partial charge on any atom is -0.468 e. The van der Waals surface area contributed by atoms with Crippen molar-refractivity contribution in [2.75, 3.05) is 7.11 Å². The van der Waals surface area contributed by atoms with Gasteiger partial charge in [0.2, 0.25) is 0 Å². The lowest BCUT2D eigenvalue weighted by Crippen LogP contribution is -2.36. The van der Waals surface area contributed by atoms with Crippen LogP contribution in [0.1, 0.15) is 33.1 Å². The van der Waals surface area contributed by atoms with E-state index in [0.29, 0.717) is 12.8 Å². The average Bonchev–Trinajstić information content (AvgIpc) is 2.36. The predicted octanol–water partition coefficient (Wildman–Crippen LogP) is 1.56. The summed E-state index contributed by atoms with van der Waals surface area (Å²) in [5.74, 6) is 1.84. The van der Waals surface area contributed by atoms with E-state index in [9.17, 15) is 9.59 Å². The van der Waals surface area contributed by atoms with E-state index in [0.717, 1.165) is 0 Å². The number of carbonyl (C=O) groups is 2.